The second-order valence-corrected chi connectivity index (χ2v) is 4.05. The predicted molar refractivity (Wildman–Crippen MR) is 56.9 cm³/mol. The molecule has 0 saturated carbocycles. The largest absolute Gasteiger partial charge is 0.382 e. The molecule has 14 heavy (non-hydrogen) atoms. The van der Waals surface area contributed by atoms with Crippen molar-refractivity contribution in [2.75, 3.05) is 18.8 Å². The topological polar surface area (TPSA) is 66.7 Å². The minimum absolute atomic E-state index is 0.602. The summed E-state index contributed by atoms with van der Waals surface area (Å²) in [5, 5.41) is 10.3. The van der Waals surface area contributed by atoms with E-state index in [1.807, 2.05) is 6.07 Å². The molecule has 1 aliphatic heterocycles. The van der Waals surface area contributed by atoms with Crippen LogP contribution in [0.1, 0.15) is 25.0 Å². The number of anilines is 1. The van der Waals surface area contributed by atoms with Crippen molar-refractivity contribution in [3.05, 3.63) is 11.8 Å². The van der Waals surface area contributed by atoms with Crippen molar-refractivity contribution in [3.63, 3.8) is 0 Å². The number of aryl methyl sites for hydroxylation is 1. The first-order valence-corrected chi connectivity index (χ1v) is 5.35. The molecule has 0 bridgehead atoms. The number of hydrogen-bond acceptors (Lipinski definition) is 3. The molecule has 1 aliphatic rings. The predicted octanol–water partition coefficient (Wildman–Crippen LogP) is 0.924. The summed E-state index contributed by atoms with van der Waals surface area (Å²) in [4.78, 5) is 0. The zero-order chi connectivity index (χ0) is 9.80. The zero-order valence-corrected chi connectivity index (χ0v) is 8.42. The Balaban J connectivity index is 1.76. The van der Waals surface area contributed by atoms with Crippen LogP contribution in [-0.2, 0) is 6.42 Å². The molecular formula is C10H18N4. The number of aromatic amines is 1. The molecule has 1 aromatic heterocycles. The monoisotopic (exact) mass is 194 g/mol. The van der Waals surface area contributed by atoms with Gasteiger partial charge in [-0.05, 0) is 44.7 Å². The van der Waals surface area contributed by atoms with E-state index >= 15 is 0 Å². The molecule has 4 N–H and O–H groups in total. The highest BCUT2D eigenvalue weighted by Gasteiger charge is 2.12. The minimum atomic E-state index is 0.602. The van der Waals surface area contributed by atoms with Crippen molar-refractivity contribution in [1.29, 1.82) is 0 Å². The summed E-state index contributed by atoms with van der Waals surface area (Å²) in [7, 11) is 0. The minimum Gasteiger partial charge on any atom is -0.382 e. The lowest BCUT2D eigenvalue weighted by Crippen LogP contribution is -2.27. The van der Waals surface area contributed by atoms with Crippen molar-refractivity contribution in [3.8, 4) is 0 Å². The van der Waals surface area contributed by atoms with Gasteiger partial charge in [0.05, 0.1) is 0 Å². The Morgan fingerprint density at radius 3 is 2.86 bits per heavy atom. The van der Waals surface area contributed by atoms with Gasteiger partial charge in [0.25, 0.3) is 0 Å². The van der Waals surface area contributed by atoms with Crippen molar-refractivity contribution in [1.82, 2.24) is 15.5 Å². The SMILES string of the molecule is Nc1cc(CCC2CCNCC2)[nH]n1. The maximum absolute atomic E-state index is 5.53. The second kappa shape index (κ2) is 4.46. The molecule has 2 rings (SSSR count). The highest BCUT2D eigenvalue weighted by molar-refractivity contribution is 5.28. The van der Waals surface area contributed by atoms with Crippen LogP contribution < -0.4 is 11.1 Å². The summed E-state index contributed by atoms with van der Waals surface area (Å²) in [6, 6.07) is 1.93. The number of aromatic nitrogens is 2. The lowest BCUT2D eigenvalue weighted by molar-refractivity contribution is 0.353. The van der Waals surface area contributed by atoms with E-state index in [0.717, 1.165) is 12.3 Å². The molecule has 1 saturated heterocycles. The molecule has 0 spiro atoms. The fourth-order valence-electron chi connectivity index (χ4n) is 2.04. The molecular weight excluding hydrogens is 176 g/mol. The van der Waals surface area contributed by atoms with Gasteiger partial charge >= 0.3 is 0 Å². The van der Waals surface area contributed by atoms with Crippen LogP contribution in [0.2, 0.25) is 0 Å². The van der Waals surface area contributed by atoms with Crippen molar-refractivity contribution < 1.29 is 0 Å². The van der Waals surface area contributed by atoms with E-state index in [9.17, 15) is 0 Å². The Hall–Kier alpha value is -1.03. The van der Waals surface area contributed by atoms with E-state index in [1.165, 1.54) is 38.0 Å². The first kappa shape index (κ1) is 9.52. The number of H-pyrrole nitrogens is 1. The summed E-state index contributed by atoms with van der Waals surface area (Å²) < 4.78 is 0. The van der Waals surface area contributed by atoms with E-state index in [2.05, 4.69) is 15.5 Å². The quantitative estimate of drug-likeness (QED) is 0.670. The number of nitrogens with two attached hydrogens (primary N) is 1. The van der Waals surface area contributed by atoms with Crippen molar-refractivity contribution in [2.45, 2.75) is 25.7 Å². The van der Waals surface area contributed by atoms with Gasteiger partial charge in [-0.2, -0.15) is 5.10 Å². The number of nitrogens with zero attached hydrogens (tertiary/aromatic N) is 1. The summed E-state index contributed by atoms with van der Waals surface area (Å²) in [6.45, 7) is 2.35. The van der Waals surface area contributed by atoms with Crippen LogP contribution in [0.5, 0.6) is 0 Å². The maximum atomic E-state index is 5.53. The first-order chi connectivity index (χ1) is 6.84. The van der Waals surface area contributed by atoms with Gasteiger partial charge < -0.3 is 11.1 Å². The Morgan fingerprint density at radius 1 is 1.43 bits per heavy atom. The molecule has 1 fully saturated rings. The van der Waals surface area contributed by atoms with Crippen LogP contribution in [-0.4, -0.2) is 23.3 Å². The molecule has 0 aromatic carbocycles. The highest BCUT2D eigenvalue weighted by atomic mass is 15.1. The molecule has 0 atom stereocenters. The maximum Gasteiger partial charge on any atom is 0.145 e. The molecule has 0 amide bonds. The van der Waals surface area contributed by atoms with E-state index in [1.54, 1.807) is 0 Å². The average molecular weight is 194 g/mol. The van der Waals surface area contributed by atoms with Gasteiger partial charge in [-0.15, -0.1) is 0 Å². The third-order valence-corrected chi connectivity index (χ3v) is 2.93. The fraction of sp³-hybridized carbons (Fsp3) is 0.700. The summed E-state index contributed by atoms with van der Waals surface area (Å²) in [6.07, 6.45) is 4.95. The van der Waals surface area contributed by atoms with Crippen LogP contribution in [0.3, 0.4) is 0 Å². The Bertz CT molecular complexity index is 275. The third kappa shape index (κ3) is 2.48. The lowest BCUT2D eigenvalue weighted by Gasteiger charge is -2.21. The molecule has 2 heterocycles. The van der Waals surface area contributed by atoms with Gasteiger partial charge in [0.1, 0.15) is 5.82 Å². The number of nitrogen functional groups attached to an aromatic ring is 1. The fourth-order valence-corrected chi connectivity index (χ4v) is 2.04. The molecule has 4 heteroatoms. The number of piperidine rings is 1. The van der Waals surface area contributed by atoms with Crippen LogP contribution in [0.25, 0.3) is 0 Å². The molecule has 78 valence electrons. The van der Waals surface area contributed by atoms with E-state index in [-0.39, 0.29) is 0 Å². The molecule has 4 nitrogen and oxygen atoms in total. The van der Waals surface area contributed by atoms with Gasteiger partial charge in [-0.1, -0.05) is 0 Å². The lowest BCUT2D eigenvalue weighted by atomic mass is 9.92. The van der Waals surface area contributed by atoms with Gasteiger partial charge in [0.15, 0.2) is 0 Å². The van der Waals surface area contributed by atoms with E-state index in [4.69, 9.17) is 5.73 Å². The van der Waals surface area contributed by atoms with Crippen LogP contribution in [0.4, 0.5) is 5.82 Å². The molecule has 1 aromatic rings. The van der Waals surface area contributed by atoms with Gasteiger partial charge in [-0.25, -0.2) is 0 Å². The van der Waals surface area contributed by atoms with Gasteiger partial charge in [0, 0.05) is 11.8 Å². The van der Waals surface area contributed by atoms with Gasteiger partial charge in [-0.3, -0.25) is 5.10 Å². The van der Waals surface area contributed by atoms with Crippen LogP contribution in [0.15, 0.2) is 6.07 Å². The first-order valence-electron chi connectivity index (χ1n) is 5.35. The molecule has 0 radical (unpaired) electrons. The summed E-state index contributed by atoms with van der Waals surface area (Å²) >= 11 is 0. The molecule has 0 unspecified atom stereocenters. The van der Waals surface area contributed by atoms with Crippen molar-refractivity contribution >= 4 is 5.82 Å². The number of nitrogens with one attached hydrogen (secondary N) is 2. The Morgan fingerprint density at radius 2 is 2.21 bits per heavy atom. The Kier molecular flexibility index (Phi) is 3.03. The number of hydrogen-bond donors (Lipinski definition) is 3. The third-order valence-electron chi connectivity index (χ3n) is 2.93. The summed E-state index contributed by atoms with van der Waals surface area (Å²) in [5.41, 5.74) is 6.70. The van der Waals surface area contributed by atoms with E-state index < -0.39 is 0 Å². The smallest absolute Gasteiger partial charge is 0.145 e. The second-order valence-electron chi connectivity index (χ2n) is 4.05. The molecule has 0 aliphatic carbocycles. The van der Waals surface area contributed by atoms with Crippen LogP contribution >= 0.6 is 0 Å². The van der Waals surface area contributed by atoms with Gasteiger partial charge in [0.2, 0.25) is 0 Å². The summed E-state index contributed by atoms with van der Waals surface area (Å²) in [5.74, 6) is 1.48. The number of rotatable bonds is 3. The van der Waals surface area contributed by atoms with Crippen molar-refractivity contribution in [2.24, 2.45) is 5.92 Å². The highest BCUT2D eigenvalue weighted by Crippen LogP contribution is 2.18. The Labute approximate surface area is 84.3 Å². The van der Waals surface area contributed by atoms with E-state index in [0.29, 0.717) is 5.82 Å². The van der Waals surface area contributed by atoms with Crippen LogP contribution in [0, 0.1) is 5.92 Å². The zero-order valence-electron chi connectivity index (χ0n) is 8.42. The standard InChI is InChI=1S/C10H18N4/c11-10-7-9(13-14-10)2-1-8-3-5-12-6-4-8/h7-8,12H,1-6H2,(H3,11,13,14). The average Bonchev–Trinajstić information content (AvgIpc) is 2.63. The normalized spacial score (nSPS) is 18.6.